The molecular formula is C24H29N3O8. The standard InChI is InChI=1S/C24H29N3O8/c1-7-34-23(28)15(2)10-16-8-9-18(26(3)4)12-19(16)25-24(29)35-14-17-11-21(32-5)22(33-6)13-20(17)27(30)31/h8-13H,7,14H2,1-6H3,(H,25,29)/b15-10-. The number of methoxy groups -OCH3 is 2. The number of esters is 1. The van der Waals surface area contributed by atoms with Crippen LogP contribution in [0.5, 0.6) is 11.5 Å². The van der Waals surface area contributed by atoms with Crippen molar-refractivity contribution in [2.75, 3.05) is 45.1 Å². The highest BCUT2D eigenvalue weighted by Gasteiger charge is 2.21. The summed E-state index contributed by atoms with van der Waals surface area (Å²) >= 11 is 0. The molecule has 188 valence electrons. The molecule has 0 radical (unpaired) electrons. The van der Waals surface area contributed by atoms with E-state index < -0.39 is 17.0 Å². The number of nitro groups is 1. The number of hydrogen-bond donors (Lipinski definition) is 1. The van der Waals surface area contributed by atoms with Crippen LogP contribution >= 0.6 is 0 Å². The number of amides is 1. The average Bonchev–Trinajstić information content (AvgIpc) is 2.82. The number of anilines is 2. The Labute approximate surface area is 203 Å². The van der Waals surface area contributed by atoms with Gasteiger partial charge in [-0.25, -0.2) is 9.59 Å². The van der Waals surface area contributed by atoms with Gasteiger partial charge in [0, 0.05) is 25.4 Å². The van der Waals surface area contributed by atoms with Crippen molar-refractivity contribution in [2.24, 2.45) is 0 Å². The van der Waals surface area contributed by atoms with Crippen molar-refractivity contribution in [1.29, 1.82) is 0 Å². The highest BCUT2D eigenvalue weighted by Crippen LogP contribution is 2.35. The third-order valence-electron chi connectivity index (χ3n) is 4.90. The van der Waals surface area contributed by atoms with E-state index in [1.165, 1.54) is 26.4 Å². The lowest BCUT2D eigenvalue weighted by atomic mass is 10.1. The first-order valence-corrected chi connectivity index (χ1v) is 10.6. The van der Waals surface area contributed by atoms with Gasteiger partial charge < -0.3 is 23.8 Å². The predicted octanol–water partition coefficient (Wildman–Crippen LogP) is 4.39. The molecule has 0 aliphatic rings. The molecule has 2 aromatic carbocycles. The maximum atomic E-state index is 12.6. The topological polar surface area (TPSA) is 129 Å². The lowest BCUT2D eigenvalue weighted by molar-refractivity contribution is -0.385. The summed E-state index contributed by atoms with van der Waals surface area (Å²) in [6, 6.07) is 7.87. The van der Waals surface area contributed by atoms with Crippen molar-refractivity contribution < 1.29 is 33.5 Å². The number of nitro benzene ring substituents is 1. The molecular weight excluding hydrogens is 458 g/mol. The number of carbonyl (C=O) groups excluding carboxylic acids is 2. The Morgan fingerprint density at radius 1 is 1.09 bits per heavy atom. The first kappa shape index (κ1) is 27.0. The van der Waals surface area contributed by atoms with E-state index in [9.17, 15) is 19.7 Å². The summed E-state index contributed by atoms with van der Waals surface area (Å²) in [5.41, 5.74) is 1.92. The number of hydrogen-bond acceptors (Lipinski definition) is 9. The minimum absolute atomic E-state index is 0.128. The number of benzene rings is 2. The molecule has 0 unspecified atom stereocenters. The largest absolute Gasteiger partial charge is 0.493 e. The normalized spacial score (nSPS) is 10.9. The molecule has 0 atom stereocenters. The number of nitrogens with zero attached hydrogens (tertiary/aromatic N) is 2. The van der Waals surface area contributed by atoms with E-state index in [0.29, 0.717) is 16.8 Å². The Morgan fingerprint density at radius 3 is 2.31 bits per heavy atom. The second-order valence-corrected chi connectivity index (χ2v) is 7.51. The van der Waals surface area contributed by atoms with Crippen LogP contribution in [0.1, 0.15) is 25.0 Å². The lowest BCUT2D eigenvalue weighted by Crippen LogP contribution is -2.16. The number of nitrogens with one attached hydrogen (secondary N) is 1. The van der Waals surface area contributed by atoms with Crippen molar-refractivity contribution in [2.45, 2.75) is 20.5 Å². The van der Waals surface area contributed by atoms with Gasteiger partial charge in [0.05, 0.1) is 43.1 Å². The molecule has 1 N–H and O–H groups in total. The molecule has 0 spiro atoms. The van der Waals surface area contributed by atoms with Crippen molar-refractivity contribution in [3.63, 3.8) is 0 Å². The zero-order chi connectivity index (χ0) is 26.1. The molecule has 0 aromatic heterocycles. The number of rotatable bonds is 10. The van der Waals surface area contributed by atoms with Gasteiger partial charge in [-0.3, -0.25) is 15.4 Å². The van der Waals surface area contributed by atoms with Gasteiger partial charge in [-0.05, 0) is 43.7 Å². The maximum Gasteiger partial charge on any atom is 0.411 e. The minimum atomic E-state index is -0.839. The molecule has 2 aromatic rings. The molecule has 11 heteroatoms. The van der Waals surface area contributed by atoms with Crippen LogP contribution in [-0.4, -0.2) is 51.9 Å². The van der Waals surface area contributed by atoms with Crippen molar-refractivity contribution in [1.82, 2.24) is 0 Å². The molecule has 0 aliphatic carbocycles. The summed E-state index contributed by atoms with van der Waals surface area (Å²) in [5, 5.41) is 14.1. The van der Waals surface area contributed by atoms with Crippen LogP contribution in [0.25, 0.3) is 6.08 Å². The maximum absolute atomic E-state index is 12.6. The zero-order valence-corrected chi connectivity index (χ0v) is 20.5. The van der Waals surface area contributed by atoms with Crippen LogP contribution in [-0.2, 0) is 20.9 Å². The monoisotopic (exact) mass is 487 g/mol. The molecule has 0 heterocycles. The third-order valence-corrected chi connectivity index (χ3v) is 4.90. The Balaban J connectivity index is 2.30. The Kier molecular flexibility index (Phi) is 9.44. The van der Waals surface area contributed by atoms with Crippen LogP contribution in [0.3, 0.4) is 0 Å². The van der Waals surface area contributed by atoms with Gasteiger partial charge in [-0.15, -0.1) is 0 Å². The minimum Gasteiger partial charge on any atom is -0.493 e. The van der Waals surface area contributed by atoms with Crippen LogP contribution < -0.4 is 19.7 Å². The molecule has 1 amide bonds. The SMILES string of the molecule is CCOC(=O)/C(C)=C\c1ccc(N(C)C)cc1NC(=O)OCc1cc(OC)c(OC)cc1[N+](=O)[O-]. The van der Waals surface area contributed by atoms with Gasteiger partial charge in [-0.1, -0.05) is 6.07 Å². The molecule has 0 fully saturated rings. The molecule has 2 rings (SSSR count). The average molecular weight is 488 g/mol. The summed E-state index contributed by atoms with van der Waals surface area (Å²) in [5.74, 6) is -0.0302. The first-order valence-electron chi connectivity index (χ1n) is 10.6. The van der Waals surface area contributed by atoms with Gasteiger partial charge in [-0.2, -0.15) is 0 Å². The first-order chi connectivity index (χ1) is 16.6. The lowest BCUT2D eigenvalue weighted by Gasteiger charge is -2.17. The number of ether oxygens (including phenoxy) is 4. The molecule has 11 nitrogen and oxygen atoms in total. The van der Waals surface area contributed by atoms with E-state index in [1.807, 2.05) is 25.1 Å². The highest BCUT2D eigenvalue weighted by atomic mass is 16.6. The molecule has 0 saturated carbocycles. The fourth-order valence-corrected chi connectivity index (χ4v) is 3.08. The van der Waals surface area contributed by atoms with Gasteiger partial charge in [0.25, 0.3) is 5.69 Å². The smallest absolute Gasteiger partial charge is 0.411 e. The second kappa shape index (κ2) is 12.3. The van der Waals surface area contributed by atoms with Crippen LogP contribution in [0.15, 0.2) is 35.9 Å². The Bertz CT molecular complexity index is 1130. The van der Waals surface area contributed by atoms with E-state index in [4.69, 9.17) is 18.9 Å². The Hall–Kier alpha value is -4.28. The molecule has 35 heavy (non-hydrogen) atoms. The molecule has 0 saturated heterocycles. The zero-order valence-electron chi connectivity index (χ0n) is 20.5. The van der Waals surface area contributed by atoms with E-state index in [1.54, 1.807) is 32.1 Å². The fraction of sp³-hybridized carbons (Fsp3) is 0.333. The van der Waals surface area contributed by atoms with Crippen LogP contribution in [0.2, 0.25) is 0 Å². The highest BCUT2D eigenvalue weighted by molar-refractivity contribution is 5.96. The quantitative estimate of drug-likeness (QED) is 0.224. The predicted molar refractivity (Wildman–Crippen MR) is 131 cm³/mol. The summed E-state index contributed by atoms with van der Waals surface area (Å²) in [6.45, 7) is 3.17. The van der Waals surface area contributed by atoms with E-state index >= 15 is 0 Å². The van der Waals surface area contributed by atoms with E-state index in [-0.39, 0.29) is 36.0 Å². The third kappa shape index (κ3) is 7.10. The van der Waals surface area contributed by atoms with Gasteiger partial charge in [0.1, 0.15) is 6.61 Å². The summed E-state index contributed by atoms with van der Waals surface area (Å²) in [4.78, 5) is 37.4. The van der Waals surface area contributed by atoms with Gasteiger partial charge >= 0.3 is 12.1 Å². The second-order valence-electron chi connectivity index (χ2n) is 7.51. The van der Waals surface area contributed by atoms with Gasteiger partial charge in [0.15, 0.2) is 11.5 Å². The van der Waals surface area contributed by atoms with Crippen molar-refractivity contribution >= 4 is 35.2 Å². The Morgan fingerprint density at radius 2 is 1.74 bits per heavy atom. The van der Waals surface area contributed by atoms with Crippen molar-refractivity contribution in [3.05, 3.63) is 57.1 Å². The van der Waals surface area contributed by atoms with Crippen LogP contribution in [0, 0.1) is 10.1 Å². The van der Waals surface area contributed by atoms with E-state index in [0.717, 1.165) is 5.69 Å². The summed E-state index contributed by atoms with van der Waals surface area (Å²) in [7, 11) is 6.44. The van der Waals surface area contributed by atoms with Crippen LogP contribution in [0.4, 0.5) is 21.9 Å². The van der Waals surface area contributed by atoms with E-state index in [2.05, 4.69) is 5.32 Å². The molecule has 0 bridgehead atoms. The van der Waals surface area contributed by atoms with Gasteiger partial charge in [0.2, 0.25) is 0 Å². The number of carbonyl (C=O) groups is 2. The summed E-state index contributed by atoms with van der Waals surface area (Å²) < 4.78 is 20.6. The van der Waals surface area contributed by atoms with Crippen molar-refractivity contribution in [3.8, 4) is 11.5 Å². The summed E-state index contributed by atoms with van der Waals surface area (Å²) in [6.07, 6.45) is 0.750. The molecule has 0 aliphatic heterocycles. The fourth-order valence-electron chi connectivity index (χ4n) is 3.08.